The summed E-state index contributed by atoms with van der Waals surface area (Å²) in [6.45, 7) is 0. The molecule has 0 amide bonds. The number of rotatable bonds is 3. The Balaban J connectivity index is 1.87. The highest BCUT2D eigenvalue weighted by atomic mass is 35.5. The molecule has 18 heavy (non-hydrogen) atoms. The van der Waals surface area contributed by atoms with E-state index in [9.17, 15) is 5.11 Å². The van der Waals surface area contributed by atoms with Crippen molar-refractivity contribution in [2.75, 3.05) is 0 Å². The fourth-order valence-electron chi connectivity index (χ4n) is 2.24. The molecule has 1 aliphatic rings. The van der Waals surface area contributed by atoms with Crippen molar-refractivity contribution in [3.05, 3.63) is 70.2 Å². The topological polar surface area (TPSA) is 20.2 Å². The molecule has 0 saturated heterocycles. The predicted octanol–water partition coefficient (Wildman–Crippen LogP) is 4.30. The van der Waals surface area contributed by atoms with E-state index >= 15 is 0 Å². The second-order valence-corrected chi connectivity index (χ2v) is 5.27. The average molecular weight is 259 g/mol. The Kier molecular flexibility index (Phi) is 3.11. The third-order valence-corrected chi connectivity index (χ3v) is 3.84. The van der Waals surface area contributed by atoms with E-state index in [0.717, 1.165) is 17.0 Å². The van der Waals surface area contributed by atoms with Gasteiger partial charge in [0.25, 0.3) is 0 Å². The first-order valence-corrected chi connectivity index (χ1v) is 6.66. The molecule has 0 heterocycles. The van der Waals surface area contributed by atoms with E-state index in [4.69, 9.17) is 11.6 Å². The van der Waals surface area contributed by atoms with Crippen LogP contribution in [-0.2, 0) is 0 Å². The Hall–Kier alpha value is -1.31. The highest BCUT2D eigenvalue weighted by Crippen LogP contribution is 2.40. The molecule has 3 rings (SSSR count). The standard InChI is InChI=1S/C16H15ClO/c17-15-4-2-1-3-14(15)16(18)13-9-7-12(8-10-13)11-5-6-11/h1-4,7-11,16,18H,5-6H2. The summed E-state index contributed by atoms with van der Waals surface area (Å²) in [6.07, 6.45) is 1.95. The molecule has 0 spiro atoms. The van der Waals surface area contributed by atoms with Gasteiger partial charge in [0.05, 0.1) is 0 Å². The predicted molar refractivity (Wildman–Crippen MR) is 73.9 cm³/mol. The van der Waals surface area contributed by atoms with Crippen LogP contribution in [0.25, 0.3) is 0 Å². The highest BCUT2D eigenvalue weighted by molar-refractivity contribution is 6.31. The first-order valence-electron chi connectivity index (χ1n) is 6.28. The van der Waals surface area contributed by atoms with Crippen molar-refractivity contribution in [1.29, 1.82) is 0 Å². The summed E-state index contributed by atoms with van der Waals surface area (Å²) >= 11 is 6.10. The van der Waals surface area contributed by atoms with E-state index in [1.54, 1.807) is 6.07 Å². The summed E-state index contributed by atoms with van der Waals surface area (Å²) in [6, 6.07) is 15.7. The zero-order chi connectivity index (χ0) is 12.5. The van der Waals surface area contributed by atoms with Gasteiger partial charge in [-0.05, 0) is 36.0 Å². The highest BCUT2D eigenvalue weighted by Gasteiger charge is 2.23. The Morgan fingerprint density at radius 1 is 1.00 bits per heavy atom. The Morgan fingerprint density at radius 3 is 2.28 bits per heavy atom. The molecule has 2 aromatic rings. The summed E-state index contributed by atoms with van der Waals surface area (Å²) < 4.78 is 0. The normalized spacial score (nSPS) is 16.6. The molecule has 1 N–H and O–H groups in total. The lowest BCUT2D eigenvalue weighted by atomic mass is 9.99. The molecule has 0 aromatic heterocycles. The van der Waals surface area contributed by atoms with Crippen molar-refractivity contribution in [3.8, 4) is 0 Å². The summed E-state index contributed by atoms with van der Waals surface area (Å²) in [4.78, 5) is 0. The monoisotopic (exact) mass is 258 g/mol. The van der Waals surface area contributed by atoms with Crippen LogP contribution >= 0.6 is 11.6 Å². The second kappa shape index (κ2) is 4.75. The summed E-state index contributed by atoms with van der Waals surface area (Å²) in [7, 11) is 0. The molecule has 0 bridgehead atoms. The Bertz CT molecular complexity index is 543. The molecule has 1 aliphatic carbocycles. The molecule has 1 saturated carbocycles. The molecule has 92 valence electrons. The van der Waals surface area contributed by atoms with Gasteiger partial charge < -0.3 is 5.11 Å². The van der Waals surface area contributed by atoms with Gasteiger partial charge in [-0.1, -0.05) is 54.1 Å². The zero-order valence-electron chi connectivity index (χ0n) is 10.0. The van der Waals surface area contributed by atoms with E-state index in [1.165, 1.54) is 18.4 Å². The molecule has 1 fully saturated rings. The van der Waals surface area contributed by atoms with E-state index in [2.05, 4.69) is 12.1 Å². The van der Waals surface area contributed by atoms with Gasteiger partial charge >= 0.3 is 0 Å². The van der Waals surface area contributed by atoms with Gasteiger partial charge in [0, 0.05) is 10.6 Å². The molecular formula is C16H15ClO. The van der Waals surface area contributed by atoms with E-state index in [0.29, 0.717) is 5.02 Å². The number of hydrogen-bond donors (Lipinski definition) is 1. The largest absolute Gasteiger partial charge is 0.384 e. The van der Waals surface area contributed by atoms with Crippen molar-refractivity contribution in [2.45, 2.75) is 24.9 Å². The van der Waals surface area contributed by atoms with Crippen LogP contribution in [0.4, 0.5) is 0 Å². The van der Waals surface area contributed by atoms with Gasteiger partial charge in [-0.15, -0.1) is 0 Å². The van der Waals surface area contributed by atoms with Crippen molar-refractivity contribution in [3.63, 3.8) is 0 Å². The minimum atomic E-state index is -0.646. The van der Waals surface area contributed by atoms with Gasteiger partial charge in [0.2, 0.25) is 0 Å². The lowest BCUT2D eigenvalue weighted by Crippen LogP contribution is -2.00. The molecule has 1 nitrogen and oxygen atoms in total. The summed E-state index contributed by atoms with van der Waals surface area (Å²) in [5.41, 5.74) is 3.04. The molecule has 2 heteroatoms. The van der Waals surface area contributed by atoms with E-state index in [-0.39, 0.29) is 0 Å². The molecule has 2 aromatic carbocycles. The molecular weight excluding hydrogens is 244 g/mol. The van der Waals surface area contributed by atoms with Crippen molar-refractivity contribution >= 4 is 11.6 Å². The molecule has 1 atom stereocenters. The number of benzene rings is 2. The smallest absolute Gasteiger partial charge is 0.105 e. The van der Waals surface area contributed by atoms with Crippen LogP contribution in [0.1, 0.15) is 41.6 Å². The quantitative estimate of drug-likeness (QED) is 0.870. The maximum absolute atomic E-state index is 10.3. The second-order valence-electron chi connectivity index (χ2n) is 4.86. The minimum Gasteiger partial charge on any atom is -0.384 e. The Labute approximate surface area is 112 Å². The molecule has 1 unspecified atom stereocenters. The van der Waals surface area contributed by atoms with E-state index < -0.39 is 6.10 Å². The SMILES string of the molecule is OC(c1ccc(C2CC2)cc1)c1ccccc1Cl. The van der Waals surface area contributed by atoms with Gasteiger partial charge in [0.15, 0.2) is 0 Å². The van der Waals surface area contributed by atoms with Crippen molar-refractivity contribution < 1.29 is 5.11 Å². The number of hydrogen-bond acceptors (Lipinski definition) is 1. The van der Waals surface area contributed by atoms with Crippen LogP contribution in [0.2, 0.25) is 5.02 Å². The average Bonchev–Trinajstić information content (AvgIpc) is 3.23. The Morgan fingerprint density at radius 2 is 1.67 bits per heavy atom. The molecule has 0 radical (unpaired) electrons. The van der Waals surface area contributed by atoms with Crippen LogP contribution in [0.3, 0.4) is 0 Å². The summed E-state index contributed by atoms with van der Waals surface area (Å²) in [5.74, 6) is 0.747. The fourth-order valence-corrected chi connectivity index (χ4v) is 2.48. The number of aliphatic hydroxyl groups excluding tert-OH is 1. The van der Waals surface area contributed by atoms with Crippen LogP contribution in [0, 0.1) is 0 Å². The maximum atomic E-state index is 10.3. The lowest BCUT2D eigenvalue weighted by molar-refractivity contribution is 0.220. The first kappa shape index (κ1) is 11.8. The van der Waals surface area contributed by atoms with Gasteiger partial charge in [0.1, 0.15) is 6.10 Å². The third-order valence-electron chi connectivity index (χ3n) is 3.50. The minimum absolute atomic E-state index is 0.608. The van der Waals surface area contributed by atoms with Crippen LogP contribution < -0.4 is 0 Å². The zero-order valence-corrected chi connectivity index (χ0v) is 10.8. The van der Waals surface area contributed by atoms with Gasteiger partial charge in [-0.3, -0.25) is 0 Å². The van der Waals surface area contributed by atoms with Crippen LogP contribution in [-0.4, -0.2) is 5.11 Å². The van der Waals surface area contributed by atoms with Crippen molar-refractivity contribution in [2.24, 2.45) is 0 Å². The third kappa shape index (κ3) is 2.29. The van der Waals surface area contributed by atoms with Crippen LogP contribution in [0.15, 0.2) is 48.5 Å². The molecule has 0 aliphatic heterocycles. The fraction of sp³-hybridized carbons (Fsp3) is 0.250. The summed E-state index contributed by atoms with van der Waals surface area (Å²) in [5, 5.41) is 10.9. The maximum Gasteiger partial charge on any atom is 0.105 e. The lowest BCUT2D eigenvalue weighted by Gasteiger charge is -2.13. The van der Waals surface area contributed by atoms with Crippen molar-refractivity contribution in [1.82, 2.24) is 0 Å². The van der Waals surface area contributed by atoms with Gasteiger partial charge in [-0.2, -0.15) is 0 Å². The first-order chi connectivity index (χ1) is 8.75. The number of aliphatic hydroxyl groups is 1. The number of halogens is 1. The van der Waals surface area contributed by atoms with Crippen LogP contribution in [0.5, 0.6) is 0 Å². The van der Waals surface area contributed by atoms with E-state index in [1.807, 2.05) is 30.3 Å². The van der Waals surface area contributed by atoms with Gasteiger partial charge in [-0.25, -0.2) is 0 Å².